The first-order valence-electron chi connectivity index (χ1n) is 4.69. The van der Waals surface area contributed by atoms with E-state index in [4.69, 9.17) is 5.11 Å². The van der Waals surface area contributed by atoms with E-state index in [0.717, 1.165) is 11.4 Å². The molecule has 1 aromatic heterocycles. The Morgan fingerprint density at radius 1 is 1.40 bits per heavy atom. The molecule has 0 saturated heterocycles. The molecule has 1 heterocycles. The van der Waals surface area contributed by atoms with Gasteiger partial charge in [-0.1, -0.05) is 19.1 Å². The van der Waals surface area contributed by atoms with Gasteiger partial charge in [0.15, 0.2) is 0 Å². The molecule has 15 heavy (non-hydrogen) atoms. The summed E-state index contributed by atoms with van der Waals surface area (Å²) in [6, 6.07) is 0. The van der Waals surface area contributed by atoms with Gasteiger partial charge in [0.1, 0.15) is 0 Å². The van der Waals surface area contributed by atoms with Gasteiger partial charge in [0.05, 0.1) is 24.4 Å². The molecule has 0 saturated carbocycles. The molecular weight excluding hydrogens is 366 g/mol. The van der Waals surface area contributed by atoms with Crippen molar-refractivity contribution in [3.63, 3.8) is 0 Å². The number of carboxylic acids is 1. The Morgan fingerprint density at radius 2 is 1.93 bits per heavy atom. The smallest absolute Gasteiger partial charge is 0.305 e. The minimum absolute atomic E-state index is 0. The van der Waals surface area contributed by atoms with Gasteiger partial charge in [-0.15, -0.1) is 5.10 Å². The molecule has 0 aromatic carbocycles. The average Bonchev–Trinajstić information content (AvgIpc) is 2.48. The number of aromatic nitrogens is 3. The van der Waals surface area contributed by atoms with Crippen LogP contribution in [0.2, 0.25) is 0 Å². The van der Waals surface area contributed by atoms with Crippen molar-refractivity contribution in [3.8, 4) is 0 Å². The number of carboxylic acid groups (broad SMARTS) is 1. The summed E-state index contributed by atoms with van der Waals surface area (Å²) >= 11 is 0. The SMILES string of the molecule is CC.Cc1nnn(CCC(=O)O)c1C.[W]. The summed E-state index contributed by atoms with van der Waals surface area (Å²) in [5.74, 6) is -0.817. The summed E-state index contributed by atoms with van der Waals surface area (Å²) in [6.07, 6.45) is 0.0869. The number of aliphatic carboxylic acids is 1. The molecule has 0 radical (unpaired) electrons. The molecule has 1 rings (SSSR count). The van der Waals surface area contributed by atoms with Crippen LogP contribution in [-0.4, -0.2) is 26.1 Å². The molecule has 5 nitrogen and oxygen atoms in total. The third kappa shape index (κ3) is 5.67. The van der Waals surface area contributed by atoms with Crippen LogP contribution in [-0.2, 0) is 32.4 Å². The van der Waals surface area contributed by atoms with Gasteiger partial charge in [0, 0.05) is 21.1 Å². The van der Waals surface area contributed by atoms with Gasteiger partial charge in [-0.05, 0) is 13.8 Å². The van der Waals surface area contributed by atoms with Gasteiger partial charge in [-0.25, -0.2) is 4.68 Å². The zero-order chi connectivity index (χ0) is 11.1. The Hall–Kier alpha value is -0.702. The summed E-state index contributed by atoms with van der Waals surface area (Å²) in [7, 11) is 0. The van der Waals surface area contributed by atoms with Crippen molar-refractivity contribution in [1.29, 1.82) is 0 Å². The van der Waals surface area contributed by atoms with Crippen molar-refractivity contribution in [2.24, 2.45) is 0 Å². The van der Waals surface area contributed by atoms with Gasteiger partial charge in [-0.3, -0.25) is 4.79 Å². The minimum Gasteiger partial charge on any atom is -0.481 e. The molecule has 0 aliphatic heterocycles. The summed E-state index contributed by atoms with van der Waals surface area (Å²) in [5.41, 5.74) is 1.77. The number of hydrogen-bond acceptors (Lipinski definition) is 3. The molecule has 1 N–H and O–H groups in total. The first-order chi connectivity index (χ1) is 6.61. The fourth-order valence-corrected chi connectivity index (χ4v) is 0.861. The Kier molecular flexibility index (Phi) is 9.58. The van der Waals surface area contributed by atoms with Gasteiger partial charge in [0.25, 0.3) is 0 Å². The summed E-state index contributed by atoms with van der Waals surface area (Å²) in [6.45, 7) is 8.11. The fourth-order valence-electron chi connectivity index (χ4n) is 0.861. The van der Waals surface area contributed by atoms with E-state index in [1.165, 1.54) is 0 Å². The molecule has 0 amide bonds. The number of nitrogens with zero attached hydrogens (tertiary/aromatic N) is 3. The van der Waals surface area contributed by atoms with Crippen LogP contribution in [0.1, 0.15) is 31.7 Å². The van der Waals surface area contributed by atoms with Crippen LogP contribution in [0.5, 0.6) is 0 Å². The third-order valence-corrected chi connectivity index (χ3v) is 1.75. The first-order valence-corrected chi connectivity index (χ1v) is 4.69. The van der Waals surface area contributed by atoms with E-state index in [0.29, 0.717) is 6.54 Å². The quantitative estimate of drug-likeness (QED) is 0.857. The maximum absolute atomic E-state index is 10.2. The Balaban J connectivity index is 0. The van der Waals surface area contributed by atoms with Crippen LogP contribution in [0.15, 0.2) is 0 Å². The zero-order valence-electron chi connectivity index (χ0n) is 9.52. The van der Waals surface area contributed by atoms with Crippen LogP contribution in [0.25, 0.3) is 0 Å². The van der Waals surface area contributed by atoms with E-state index in [2.05, 4.69) is 10.3 Å². The maximum Gasteiger partial charge on any atom is 0.305 e. The van der Waals surface area contributed by atoms with Gasteiger partial charge in [0.2, 0.25) is 0 Å². The second-order valence-electron chi connectivity index (χ2n) is 2.63. The summed E-state index contributed by atoms with van der Waals surface area (Å²) in [4.78, 5) is 10.2. The number of aryl methyl sites for hydroxylation is 2. The van der Waals surface area contributed by atoms with Crippen molar-refractivity contribution in [2.75, 3.05) is 0 Å². The second kappa shape index (κ2) is 8.59. The molecule has 6 heteroatoms. The standard InChI is InChI=1S/C7H11N3O2.C2H6.W/c1-5-6(2)10(9-8-5)4-3-7(11)12;1-2;/h3-4H2,1-2H3,(H,11,12);1-2H3;. The third-order valence-electron chi connectivity index (χ3n) is 1.75. The van der Waals surface area contributed by atoms with Crippen molar-refractivity contribution < 1.29 is 31.0 Å². The molecule has 0 fully saturated rings. The molecule has 0 aliphatic rings. The molecule has 1 aromatic rings. The Labute approximate surface area is 104 Å². The molecule has 0 aliphatic carbocycles. The molecule has 0 unspecified atom stereocenters. The Morgan fingerprint density at radius 3 is 2.27 bits per heavy atom. The molecule has 0 atom stereocenters. The van der Waals surface area contributed by atoms with Crippen LogP contribution < -0.4 is 0 Å². The summed E-state index contributed by atoms with van der Waals surface area (Å²) in [5, 5.41) is 16.0. The number of hydrogen-bond donors (Lipinski definition) is 1. The van der Waals surface area contributed by atoms with Crippen molar-refractivity contribution >= 4 is 5.97 Å². The topological polar surface area (TPSA) is 68.0 Å². The van der Waals surface area contributed by atoms with Crippen LogP contribution >= 0.6 is 0 Å². The van der Waals surface area contributed by atoms with E-state index in [-0.39, 0.29) is 27.5 Å². The normalized spacial score (nSPS) is 8.53. The second-order valence-corrected chi connectivity index (χ2v) is 2.63. The van der Waals surface area contributed by atoms with E-state index in [9.17, 15) is 4.79 Å². The van der Waals surface area contributed by atoms with Crippen LogP contribution in [0.3, 0.4) is 0 Å². The van der Waals surface area contributed by atoms with Gasteiger partial charge < -0.3 is 5.11 Å². The predicted molar refractivity (Wildman–Crippen MR) is 53.1 cm³/mol. The van der Waals surface area contributed by atoms with E-state index in [1.54, 1.807) is 4.68 Å². The van der Waals surface area contributed by atoms with E-state index < -0.39 is 5.97 Å². The van der Waals surface area contributed by atoms with Crippen molar-refractivity contribution in [2.45, 2.75) is 40.7 Å². The van der Waals surface area contributed by atoms with Gasteiger partial charge >= 0.3 is 5.97 Å². The molecule has 0 bridgehead atoms. The largest absolute Gasteiger partial charge is 0.481 e. The monoisotopic (exact) mass is 383 g/mol. The minimum atomic E-state index is -0.817. The average molecular weight is 383 g/mol. The number of rotatable bonds is 3. The van der Waals surface area contributed by atoms with Crippen molar-refractivity contribution in [1.82, 2.24) is 15.0 Å². The first kappa shape index (κ1) is 16.7. The molecule has 86 valence electrons. The van der Waals surface area contributed by atoms with Crippen LogP contribution in [0.4, 0.5) is 0 Å². The van der Waals surface area contributed by atoms with E-state index >= 15 is 0 Å². The predicted octanol–water partition coefficient (Wildman–Crippen LogP) is 1.39. The van der Waals surface area contributed by atoms with Crippen molar-refractivity contribution in [3.05, 3.63) is 11.4 Å². The number of carbonyl (C=O) groups is 1. The van der Waals surface area contributed by atoms with Crippen LogP contribution in [0, 0.1) is 13.8 Å². The maximum atomic E-state index is 10.2. The van der Waals surface area contributed by atoms with E-state index in [1.807, 2.05) is 27.7 Å². The molecular formula is C9H17N3O2W. The van der Waals surface area contributed by atoms with Gasteiger partial charge in [-0.2, -0.15) is 0 Å². The fraction of sp³-hybridized carbons (Fsp3) is 0.667. The summed E-state index contributed by atoms with van der Waals surface area (Å²) < 4.78 is 1.60. The zero-order valence-corrected chi connectivity index (χ0v) is 12.5. The molecule has 0 spiro atoms. The Bertz CT molecular complexity index is 300.